The van der Waals surface area contributed by atoms with Crippen molar-refractivity contribution in [2.75, 3.05) is 0 Å². The van der Waals surface area contributed by atoms with E-state index in [1.165, 1.54) is 0 Å². The van der Waals surface area contributed by atoms with E-state index >= 15 is 0 Å². The molecule has 80 heavy (non-hydrogen) atoms. The van der Waals surface area contributed by atoms with Crippen LogP contribution in [-0.2, 0) is 19.4 Å². The summed E-state index contributed by atoms with van der Waals surface area (Å²) in [6.45, 7) is 0. The van der Waals surface area contributed by atoms with Crippen LogP contribution in [-0.4, -0.2) is 27.8 Å². The van der Waals surface area contributed by atoms with Crippen LogP contribution in [0.25, 0.3) is 127 Å². The van der Waals surface area contributed by atoms with Gasteiger partial charge < -0.3 is 4.57 Å². The van der Waals surface area contributed by atoms with Crippen LogP contribution in [0.5, 0.6) is 11.5 Å². The quantitative estimate of drug-likeness (QED) is 0.145. The number of benzene rings is 11. The van der Waals surface area contributed by atoms with E-state index in [-0.39, 0.29) is 27.9 Å². The topological polar surface area (TPSA) is 46.8 Å². The number of imidazole rings is 1. The Morgan fingerprint density at radius 3 is 1.31 bits per heavy atom. The zero-order valence-corrected chi connectivity index (χ0v) is 44.5. The van der Waals surface area contributed by atoms with Crippen LogP contribution in [0.1, 0.15) is 13.7 Å². The van der Waals surface area contributed by atoms with Gasteiger partial charge in [-0.2, -0.15) is 0 Å². The van der Waals surface area contributed by atoms with Crippen molar-refractivity contribution in [3.05, 3.63) is 283 Å². The monoisotopic (exact) mass is 1220 g/mol. The summed E-state index contributed by atoms with van der Waals surface area (Å²) in [6, 6.07) is 64.5. The van der Waals surface area contributed by atoms with Crippen molar-refractivity contribution < 1.29 is 37.8 Å². The molecule has 5 aromatic heterocycles. The van der Waals surface area contributed by atoms with Gasteiger partial charge in [-0.3, -0.25) is 0 Å². The Morgan fingerprint density at radius 1 is 0.338 bits per heavy atom. The Morgan fingerprint density at radius 2 is 0.775 bits per heavy atom. The predicted octanol–water partition coefficient (Wildman–Crippen LogP) is 18.3. The first-order chi connectivity index (χ1) is 43.8. The van der Waals surface area contributed by atoms with Gasteiger partial charge >= 0.3 is 382 Å². The molecule has 0 saturated heterocycles. The zero-order valence-electron chi connectivity index (χ0n) is 52.2. The minimum absolute atomic E-state index is 0.148. The van der Waals surface area contributed by atoms with Crippen molar-refractivity contribution >= 4 is 76.5 Å². The van der Waals surface area contributed by atoms with Gasteiger partial charge in [0.1, 0.15) is 0 Å². The summed E-state index contributed by atoms with van der Waals surface area (Å²) >= 11 is 2.21. The predicted molar refractivity (Wildman–Crippen MR) is 324 cm³/mol. The van der Waals surface area contributed by atoms with Gasteiger partial charge in [-0.1, -0.05) is 48.5 Å². The molecule has 0 spiro atoms. The summed E-state index contributed by atoms with van der Waals surface area (Å²) in [7, 11) is 0. The van der Waals surface area contributed by atoms with Gasteiger partial charge in [0.25, 0.3) is 0 Å². The third-order valence-corrected chi connectivity index (χ3v) is 16.2. The van der Waals surface area contributed by atoms with Crippen LogP contribution in [0.15, 0.2) is 279 Å². The second-order valence-corrected chi connectivity index (χ2v) is 20.5. The number of pyridine rings is 1. The SMILES string of the molecule is [2H]c1c([2H])c([2H])c(-c2cc(-n3c4ccccc4c4ccccc43)cc(-c3c([2H])c([2H])c([2H])c([2H])c3[2H])c2-n2[c](=[Pt])n(-c3cccc(Oc4ccc5c6ccccc6n(-c6cc(-n7c8ccccc8c8ccccc87)ccn6)c5c4)c3)c3ccccc32)c([2H])c1[2H]. The second kappa shape index (κ2) is 18.6. The third-order valence-electron chi connectivity index (χ3n) is 15.2. The van der Waals surface area contributed by atoms with E-state index in [1.807, 2.05) is 147 Å². The molecular weight excluding hydrogens is 1160 g/mol. The first-order valence-electron chi connectivity index (χ1n) is 31.0. The van der Waals surface area contributed by atoms with Crippen molar-refractivity contribution in [3.8, 4) is 62.3 Å². The number of hydrogen-bond donors (Lipinski definition) is 0. The second-order valence-electron chi connectivity index (χ2n) is 19.5. The first-order valence-corrected chi connectivity index (χ1v) is 27.2. The van der Waals surface area contributed by atoms with E-state index < -0.39 is 60.4 Å². The van der Waals surface area contributed by atoms with Crippen molar-refractivity contribution in [2.24, 2.45) is 0 Å². The summed E-state index contributed by atoms with van der Waals surface area (Å²) < 4.78 is 110. The van der Waals surface area contributed by atoms with Gasteiger partial charge in [0.05, 0.1) is 16.7 Å². The summed E-state index contributed by atoms with van der Waals surface area (Å²) in [4.78, 5) is 5.01. The number of fused-ring (bicyclic) bond motifs is 10. The molecule has 0 N–H and O–H groups in total. The molecule has 5 heterocycles. The van der Waals surface area contributed by atoms with Crippen molar-refractivity contribution in [1.29, 1.82) is 0 Å². The average molecular weight is 1220 g/mol. The standard InChI is InChI=1S/C72H46N6O.Pt/c1-3-20-48(21-4-1)61-43-52(77-65-33-14-9-28-57(65)58-29-10-15-34-66(58)77)44-62(49-22-5-2-6-23-49)72(61)75-47-74(68-36-17-18-37-69(68)75)50-24-19-25-53(42-50)79-54-38-39-60-59-30-11-16-35-67(59)78(70(60)46-54)71-45-51(40-41-73-71)76-63-31-12-7-26-55(63)56-27-8-13-32-64(56)76;/h1-46H;/i1D,2D,3D,4D,5D,6D,20D,21D,22D,23D;. The molecule has 7 nitrogen and oxygen atoms in total. The van der Waals surface area contributed by atoms with Gasteiger partial charge in [-0.15, -0.1) is 0 Å². The van der Waals surface area contributed by atoms with Gasteiger partial charge in [-0.25, -0.2) is 0 Å². The van der Waals surface area contributed by atoms with E-state index in [0.29, 0.717) is 37.7 Å². The Bertz CT molecular complexity index is 5590. The molecule has 0 fully saturated rings. The Hall–Kier alpha value is -10.1. The molecule has 0 aliphatic heterocycles. The summed E-state index contributed by atoms with van der Waals surface area (Å²) in [6.07, 6.45) is 1.85. The molecule has 0 amide bonds. The van der Waals surface area contributed by atoms with Crippen LogP contribution in [0.2, 0.25) is 0 Å². The van der Waals surface area contributed by atoms with Crippen LogP contribution in [0.3, 0.4) is 0 Å². The minimum atomic E-state index is -0.582. The molecule has 16 rings (SSSR count). The number of rotatable bonds is 9. The summed E-state index contributed by atoms with van der Waals surface area (Å²) in [5.74, 6) is 1.81. The van der Waals surface area contributed by atoms with Crippen LogP contribution in [0, 0.1) is 3.80 Å². The van der Waals surface area contributed by atoms with Gasteiger partial charge in [0.15, 0.2) is 0 Å². The van der Waals surface area contributed by atoms with Crippen LogP contribution < -0.4 is 4.74 Å². The average Bonchev–Trinajstić information content (AvgIpc) is 1.30. The molecule has 0 unspecified atom stereocenters. The molecule has 0 saturated carbocycles. The maximum atomic E-state index is 9.61. The van der Waals surface area contributed by atoms with Gasteiger partial charge in [0.2, 0.25) is 0 Å². The Labute approximate surface area is 484 Å². The Balaban J connectivity index is 0.896. The molecule has 8 heteroatoms. The van der Waals surface area contributed by atoms with E-state index in [2.05, 4.69) is 101 Å². The van der Waals surface area contributed by atoms with Crippen LogP contribution in [0.4, 0.5) is 0 Å². The number of nitrogens with zero attached hydrogens (tertiary/aromatic N) is 6. The van der Waals surface area contributed by atoms with Crippen molar-refractivity contribution in [1.82, 2.24) is 27.8 Å². The van der Waals surface area contributed by atoms with Crippen molar-refractivity contribution in [2.45, 2.75) is 0 Å². The number of ether oxygens (including phenoxy) is 1. The number of hydrogen-bond acceptors (Lipinski definition) is 2. The fraction of sp³-hybridized carbons (Fsp3) is 0. The number of para-hydroxylation sites is 7. The van der Waals surface area contributed by atoms with E-state index in [1.54, 1.807) is 12.1 Å². The summed E-state index contributed by atoms with van der Waals surface area (Å²) in [5.41, 5.74) is 9.20. The third kappa shape index (κ3) is 7.25. The molecular formula is C72H46N6OPt. The maximum absolute atomic E-state index is 9.61. The molecule has 0 aliphatic rings. The van der Waals surface area contributed by atoms with Gasteiger partial charge in [-0.05, 0) is 18.2 Å². The van der Waals surface area contributed by atoms with E-state index in [4.69, 9.17) is 17.9 Å². The summed E-state index contributed by atoms with van der Waals surface area (Å²) in [5, 5.41) is 6.24. The fourth-order valence-electron chi connectivity index (χ4n) is 11.9. The van der Waals surface area contributed by atoms with E-state index in [0.717, 1.165) is 76.9 Å². The van der Waals surface area contributed by atoms with E-state index in [9.17, 15) is 5.48 Å². The number of aromatic nitrogens is 6. The molecule has 0 bridgehead atoms. The van der Waals surface area contributed by atoms with Gasteiger partial charge in [0, 0.05) is 17.0 Å². The molecule has 380 valence electrons. The zero-order chi connectivity index (χ0) is 61.5. The van der Waals surface area contributed by atoms with Crippen LogP contribution >= 0.6 is 0 Å². The first kappa shape index (κ1) is 36.9. The molecule has 0 radical (unpaired) electrons. The van der Waals surface area contributed by atoms with Crippen molar-refractivity contribution in [3.63, 3.8) is 0 Å². The fourth-order valence-corrected chi connectivity index (χ4v) is 13.0. The molecule has 0 atom stereocenters. The molecule has 16 aromatic rings. The normalized spacial score (nSPS) is 13.6. The molecule has 0 aliphatic carbocycles. The molecule has 11 aromatic carbocycles. The Kier molecular flexibility index (Phi) is 8.55.